The SMILES string of the molecule is C=CCO[Si](OCC=C)(C(C)C)C(C)C. The van der Waals surface area contributed by atoms with E-state index in [0.29, 0.717) is 24.3 Å². The van der Waals surface area contributed by atoms with Gasteiger partial charge in [-0.25, -0.2) is 0 Å². The molecular weight excluding hydrogens is 204 g/mol. The Bertz CT molecular complexity index is 178. The summed E-state index contributed by atoms with van der Waals surface area (Å²) in [6, 6.07) is 0. The number of hydrogen-bond donors (Lipinski definition) is 0. The molecule has 0 spiro atoms. The zero-order chi connectivity index (χ0) is 11.9. The van der Waals surface area contributed by atoms with Gasteiger partial charge < -0.3 is 8.85 Å². The first-order valence-electron chi connectivity index (χ1n) is 5.51. The molecule has 0 saturated carbocycles. The molecule has 0 heterocycles. The maximum Gasteiger partial charge on any atom is 0.343 e. The quantitative estimate of drug-likeness (QED) is 0.466. The van der Waals surface area contributed by atoms with Gasteiger partial charge in [0.2, 0.25) is 0 Å². The van der Waals surface area contributed by atoms with Crippen LogP contribution >= 0.6 is 0 Å². The van der Waals surface area contributed by atoms with Crippen LogP contribution in [0.4, 0.5) is 0 Å². The maximum absolute atomic E-state index is 5.95. The average Bonchev–Trinajstić information content (AvgIpc) is 2.17. The Hall–Kier alpha value is -0.383. The lowest BCUT2D eigenvalue weighted by Gasteiger charge is -2.36. The Labute approximate surface area is 95.2 Å². The molecule has 88 valence electrons. The fourth-order valence-electron chi connectivity index (χ4n) is 1.75. The van der Waals surface area contributed by atoms with Crippen molar-refractivity contribution in [2.75, 3.05) is 13.2 Å². The van der Waals surface area contributed by atoms with E-state index in [2.05, 4.69) is 40.9 Å². The molecule has 0 N–H and O–H groups in total. The van der Waals surface area contributed by atoms with E-state index in [9.17, 15) is 0 Å². The van der Waals surface area contributed by atoms with E-state index in [1.54, 1.807) is 12.2 Å². The molecule has 3 heteroatoms. The first kappa shape index (κ1) is 14.6. The summed E-state index contributed by atoms with van der Waals surface area (Å²) < 4.78 is 11.9. The van der Waals surface area contributed by atoms with Gasteiger partial charge in [-0.1, -0.05) is 39.8 Å². The molecule has 0 unspecified atom stereocenters. The van der Waals surface area contributed by atoms with Gasteiger partial charge in [-0.05, 0) is 11.1 Å². The molecule has 0 fully saturated rings. The van der Waals surface area contributed by atoms with Crippen LogP contribution in [0.5, 0.6) is 0 Å². The lowest BCUT2D eigenvalue weighted by molar-refractivity contribution is 0.184. The van der Waals surface area contributed by atoms with Crippen molar-refractivity contribution in [3.63, 3.8) is 0 Å². The third-order valence-electron chi connectivity index (χ3n) is 2.46. The van der Waals surface area contributed by atoms with Crippen LogP contribution in [0.25, 0.3) is 0 Å². The Morgan fingerprint density at radius 2 is 1.27 bits per heavy atom. The summed E-state index contributed by atoms with van der Waals surface area (Å²) in [6.45, 7) is 17.2. The van der Waals surface area contributed by atoms with Crippen LogP contribution in [0.15, 0.2) is 25.3 Å². The standard InChI is InChI=1S/C12H24O2Si/c1-7-9-13-15(11(3)4,12(5)6)14-10-8-2/h7-8,11-12H,1-2,9-10H2,3-6H3. The van der Waals surface area contributed by atoms with Gasteiger partial charge in [0.1, 0.15) is 0 Å². The van der Waals surface area contributed by atoms with E-state index in [4.69, 9.17) is 8.85 Å². The molecule has 0 aliphatic rings. The fraction of sp³-hybridized carbons (Fsp3) is 0.667. The zero-order valence-electron chi connectivity index (χ0n) is 10.5. The predicted molar refractivity (Wildman–Crippen MR) is 68.2 cm³/mol. The van der Waals surface area contributed by atoms with Gasteiger partial charge in [-0.3, -0.25) is 0 Å². The van der Waals surface area contributed by atoms with Gasteiger partial charge in [-0.2, -0.15) is 0 Å². The minimum absolute atomic E-state index is 0.428. The zero-order valence-corrected chi connectivity index (χ0v) is 11.5. The van der Waals surface area contributed by atoms with Gasteiger partial charge >= 0.3 is 8.56 Å². The summed E-state index contributed by atoms with van der Waals surface area (Å²) in [7, 11) is -2.13. The first-order valence-corrected chi connectivity index (χ1v) is 7.48. The van der Waals surface area contributed by atoms with Gasteiger partial charge in [0.25, 0.3) is 0 Å². The molecule has 0 bridgehead atoms. The maximum atomic E-state index is 5.95. The van der Waals surface area contributed by atoms with Gasteiger partial charge in [0.05, 0.1) is 13.2 Å². The molecule has 0 saturated heterocycles. The van der Waals surface area contributed by atoms with Crippen molar-refractivity contribution in [1.29, 1.82) is 0 Å². The second-order valence-corrected chi connectivity index (χ2v) is 8.56. The topological polar surface area (TPSA) is 18.5 Å². The Morgan fingerprint density at radius 3 is 1.47 bits per heavy atom. The van der Waals surface area contributed by atoms with Crippen LogP contribution in [-0.4, -0.2) is 21.8 Å². The molecule has 0 radical (unpaired) electrons. The number of rotatable bonds is 8. The average molecular weight is 228 g/mol. The summed E-state index contributed by atoms with van der Waals surface area (Å²) in [6.07, 6.45) is 3.56. The van der Waals surface area contributed by atoms with Crippen LogP contribution in [0.1, 0.15) is 27.7 Å². The second-order valence-electron chi connectivity index (χ2n) is 4.23. The van der Waals surface area contributed by atoms with E-state index in [1.165, 1.54) is 0 Å². The lowest BCUT2D eigenvalue weighted by Crippen LogP contribution is -2.48. The summed E-state index contributed by atoms with van der Waals surface area (Å²) >= 11 is 0. The van der Waals surface area contributed by atoms with Gasteiger partial charge in [-0.15, -0.1) is 13.2 Å². The van der Waals surface area contributed by atoms with Crippen molar-refractivity contribution < 1.29 is 8.85 Å². The summed E-state index contributed by atoms with van der Waals surface area (Å²) in [5.74, 6) is 0. The number of hydrogen-bond acceptors (Lipinski definition) is 2. The molecule has 2 nitrogen and oxygen atoms in total. The second kappa shape index (κ2) is 6.98. The molecule has 0 amide bonds. The molecule has 0 aliphatic heterocycles. The molecule has 15 heavy (non-hydrogen) atoms. The summed E-state index contributed by atoms with van der Waals surface area (Å²) in [5, 5.41) is 0. The van der Waals surface area contributed by atoms with Crippen molar-refractivity contribution in [3.05, 3.63) is 25.3 Å². The smallest absolute Gasteiger partial charge is 0.343 e. The Kier molecular flexibility index (Phi) is 6.81. The van der Waals surface area contributed by atoms with E-state index in [-0.39, 0.29) is 0 Å². The monoisotopic (exact) mass is 228 g/mol. The highest BCUT2D eigenvalue weighted by molar-refractivity contribution is 6.70. The third kappa shape index (κ3) is 3.93. The minimum atomic E-state index is -2.13. The molecule has 0 aromatic carbocycles. The van der Waals surface area contributed by atoms with Crippen molar-refractivity contribution >= 4 is 8.56 Å². The van der Waals surface area contributed by atoms with Gasteiger partial charge in [0, 0.05) is 0 Å². The minimum Gasteiger partial charge on any atom is -0.390 e. The first-order chi connectivity index (χ1) is 7.01. The Morgan fingerprint density at radius 1 is 0.933 bits per heavy atom. The van der Waals surface area contributed by atoms with E-state index >= 15 is 0 Å². The largest absolute Gasteiger partial charge is 0.390 e. The predicted octanol–water partition coefficient (Wildman–Crippen LogP) is 3.65. The van der Waals surface area contributed by atoms with Crippen molar-refractivity contribution in [1.82, 2.24) is 0 Å². The van der Waals surface area contributed by atoms with Crippen LogP contribution in [-0.2, 0) is 8.85 Å². The highest BCUT2D eigenvalue weighted by atomic mass is 28.4. The van der Waals surface area contributed by atoms with Crippen molar-refractivity contribution in [2.24, 2.45) is 0 Å². The van der Waals surface area contributed by atoms with E-state index in [1.807, 2.05) is 0 Å². The van der Waals surface area contributed by atoms with Crippen molar-refractivity contribution in [2.45, 2.75) is 38.8 Å². The molecule has 0 atom stereocenters. The molecule has 0 rings (SSSR count). The van der Waals surface area contributed by atoms with Crippen LogP contribution in [0, 0.1) is 0 Å². The fourth-order valence-corrected chi connectivity index (χ4v) is 5.26. The van der Waals surface area contributed by atoms with Crippen LogP contribution in [0.3, 0.4) is 0 Å². The molecule has 0 aliphatic carbocycles. The third-order valence-corrected chi connectivity index (χ3v) is 6.92. The van der Waals surface area contributed by atoms with Crippen LogP contribution < -0.4 is 0 Å². The summed E-state index contributed by atoms with van der Waals surface area (Å²) in [4.78, 5) is 0. The normalized spacial score (nSPS) is 12.1. The van der Waals surface area contributed by atoms with Gasteiger partial charge in [0.15, 0.2) is 0 Å². The lowest BCUT2D eigenvalue weighted by atomic mass is 10.5. The molecule has 0 aromatic heterocycles. The van der Waals surface area contributed by atoms with E-state index in [0.717, 1.165) is 0 Å². The molecular formula is C12H24O2Si. The summed E-state index contributed by atoms with van der Waals surface area (Å²) in [5.41, 5.74) is 0.856. The molecule has 0 aromatic rings. The van der Waals surface area contributed by atoms with E-state index < -0.39 is 8.56 Å². The highest BCUT2D eigenvalue weighted by Crippen LogP contribution is 2.34. The van der Waals surface area contributed by atoms with Crippen LogP contribution in [0.2, 0.25) is 11.1 Å². The highest BCUT2D eigenvalue weighted by Gasteiger charge is 2.44. The Balaban J connectivity index is 4.71. The van der Waals surface area contributed by atoms with Crippen molar-refractivity contribution in [3.8, 4) is 0 Å².